The molecule has 1 unspecified atom stereocenters. The zero-order valence-electron chi connectivity index (χ0n) is 17.1. The molecule has 7 nitrogen and oxygen atoms in total. The number of fused-ring (bicyclic) bond motifs is 1. The molecule has 1 aliphatic rings. The number of aliphatic hydroxyl groups is 1. The highest BCUT2D eigenvalue weighted by molar-refractivity contribution is 5.94. The Bertz CT molecular complexity index is 1240. The molecule has 0 radical (unpaired) electrons. The lowest BCUT2D eigenvalue weighted by Gasteiger charge is -2.29. The number of morpholine rings is 1. The van der Waals surface area contributed by atoms with Crippen LogP contribution in [0.3, 0.4) is 0 Å². The van der Waals surface area contributed by atoms with Gasteiger partial charge in [0.1, 0.15) is 18.2 Å². The fourth-order valence-corrected chi connectivity index (χ4v) is 3.95. The van der Waals surface area contributed by atoms with E-state index in [-0.39, 0.29) is 0 Å². The minimum atomic E-state index is -0.908. The van der Waals surface area contributed by atoms with Crippen molar-refractivity contribution in [1.29, 1.82) is 0 Å². The van der Waals surface area contributed by atoms with Gasteiger partial charge in [0, 0.05) is 48.5 Å². The molecular formula is C23H22FN5O2. The summed E-state index contributed by atoms with van der Waals surface area (Å²) in [6, 6.07) is 10.5. The molecule has 0 saturated carbocycles. The van der Waals surface area contributed by atoms with E-state index in [1.807, 2.05) is 18.2 Å². The Balaban J connectivity index is 1.55. The first-order valence-corrected chi connectivity index (χ1v) is 10.1. The predicted molar refractivity (Wildman–Crippen MR) is 115 cm³/mol. The quantitative estimate of drug-likeness (QED) is 0.548. The van der Waals surface area contributed by atoms with Crippen molar-refractivity contribution in [2.24, 2.45) is 7.05 Å². The van der Waals surface area contributed by atoms with Crippen molar-refractivity contribution >= 4 is 16.6 Å². The lowest BCUT2D eigenvalue weighted by molar-refractivity contribution is 0.122. The second kappa shape index (κ2) is 8.05. The molecule has 158 valence electrons. The van der Waals surface area contributed by atoms with Gasteiger partial charge in [0.05, 0.1) is 30.6 Å². The molecule has 2 aromatic carbocycles. The molecule has 4 aromatic rings. The second-order valence-electron chi connectivity index (χ2n) is 7.61. The zero-order valence-corrected chi connectivity index (χ0v) is 17.1. The third-order valence-electron chi connectivity index (χ3n) is 5.60. The van der Waals surface area contributed by atoms with Crippen LogP contribution in [0.25, 0.3) is 22.2 Å². The van der Waals surface area contributed by atoms with Gasteiger partial charge in [0.15, 0.2) is 0 Å². The van der Waals surface area contributed by atoms with Gasteiger partial charge in [-0.2, -0.15) is 5.10 Å². The van der Waals surface area contributed by atoms with Crippen LogP contribution in [0.4, 0.5) is 10.1 Å². The minimum Gasteiger partial charge on any atom is -0.384 e. The van der Waals surface area contributed by atoms with Gasteiger partial charge in [-0.25, -0.2) is 14.4 Å². The molecule has 1 N–H and O–H groups in total. The number of ether oxygens (including phenoxy) is 1. The molecule has 1 aliphatic heterocycles. The first-order chi connectivity index (χ1) is 15.1. The van der Waals surface area contributed by atoms with Crippen LogP contribution in [0.2, 0.25) is 0 Å². The van der Waals surface area contributed by atoms with E-state index >= 15 is 0 Å². The Hall–Kier alpha value is -3.36. The summed E-state index contributed by atoms with van der Waals surface area (Å²) >= 11 is 0. The number of benzene rings is 2. The first kappa shape index (κ1) is 19.6. The SMILES string of the molecule is Cn1cc(C(O)c2ccc(F)c(-c3ncnc4cc(N5CCOCC5)ccc34)c2)cn1. The topological polar surface area (TPSA) is 76.3 Å². The van der Waals surface area contributed by atoms with E-state index in [0.717, 1.165) is 29.7 Å². The molecule has 8 heteroatoms. The van der Waals surface area contributed by atoms with Crippen LogP contribution >= 0.6 is 0 Å². The summed E-state index contributed by atoms with van der Waals surface area (Å²) < 4.78 is 21.9. The van der Waals surface area contributed by atoms with Crippen LogP contribution < -0.4 is 4.90 Å². The summed E-state index contributed by atoms with van der Waals surface area (Å²) in [7, 11) is 1.78. The maximum absolute atomic E-state index is 14.8. The van der Waals surface area contributed by atoms with Crippen LogP contribution in [0, 0.1) is 5.82 Å². The first-order valence-electron chi connectivity index (χ1n) is 10.1. The average Bonchev–Trinajstić information content (AvgIpc) is 3.25. The van der Waals surface area contributed by atoms with Crippen molar-refractivity contribution in [2.75, 3.05) is 31.2 Å². The number of hydrogen-bond acceptors (Lipinski definition) is 6. The van der Waals surface area contributed by atoms with Crippen molar-refractivity contribution in [2.45, 2.75) is 6.10 Å². The van der Waals surface area contributed by atoms with E-state index in [2.05, 4.69) is 20.0 Å². The van der Waals surface area contributed by atoms with Gasteiger partial charge < -0.3 is 14.7 Å². The highest BCUT2D eigenvalue weighted by atomic mass is 19.1. The number of aryl methyl sites for hydroxylation is 1. The van der Waals surface area contributed by atoms with Crippen molar-refractivity contribution in [3.63, 3.8) is 0 Å². The lowest BCUT2D eigenvalue weighted by atomic mass is 9.98. The number of rotatable bonds is 4. The molecule has 0 amide bonds. The summed E-state index contributed by atoms with van der Waals surface area (Å²) in [5, 5.41) is 15.6. The average molecular weight is 419 g/mol. The normalized spacial score (nSPS) is 15.4. The largest absolute Gasteiger partial charge is 0.384 e. The molecule has 3 heterocycles. The number of aliphatic hydroxyl groups excluding tert-OH is 1. The monoisotopic (exact) mass is 419 g/mol. The Kier molecular flexibility index (Phi) is 5.09. The highest BCUT2D eigenvalue weighted by Gasteiger charge is 2.18. The van der Waals surface area contributed by atoms with Gasteiger partial charge in [-0.3, -0.25) is 4.68 Å². The Morgan fingerprint density at radius 2 is 1.90 bits per heavy atom. The van der Waals surface area contributed by atoms with Gasteiger partial charge in [0.25, 0.3) is 0 Å². The molecule has 1 fully saturated rings. The summed E-state index contributed by atoms with van der Waals surface area (Å²) in [6.45, 7) is 3.05. The Labute approximate surface area is 178 Å². The lowest BCUT2D eigenvalue weighted by Crippen LogP contribution is -2.36. The number of aromatic nitrogens is 4. The zero-order chi connectivity index (χ0) is 21.4. The molecule has 0 bridgehead atoms. The number of halogens is 1. The van der Waals surface area contributed by atoms with Crippen LogP contribution in [-0.2, 0) is 11.8 Å². The van der Waals surface area contributed by atoms with Gasteiger partial charge in [-0.1, -0.05) is 6.07 Å². The van der Waals surface area contributed by atoms with Gasteiger partial charge in [0.2, 0.25) is 0 Å². The molecule has 31 heavy (non-hydrogen) atoms. The maximum atomic E-state index is 14.8. The van der Waals surface area contributed by atoms with E-state index in [1.54, 1.807) is 36.3 Å². The molecule has 0 spiro atoms. The van der Waals surface area contributed by atoms with Crippen LogP contribution in [0.1, 0.15) is 17.2 Å². The van der Waals surface area contributed by atoms with Crippen molar-refractivity contribution in [3.8, 4) is 11.3 Å². The predicted octanol–water partition coefficient (Wildman–Crippen LogP) is 3.09. The standard InChI is InChI=1S/C23H22FN5O2/c1-28-13-16(12-27-28)23(30)15-2-5-20(24)19(10-15)22-18-4-3-17(11-21(18)25-14-26-22)29-6-8-31-9-7-29/h2-5,10-14,23,30H,6-9H2,1H3. The Morgan fingerprint density at radius 3 is 2.68 bits per heavy atom. The van der Waals surface area contributed by atoms with E-state index in [4.69, 9.17) is 4.74 Å². The fourth-order valence-electron chi connectivity index (χ4n) is 3.95. The van der Waals surface area contributed by atoms with Crippen molar-refractivity contribution in [1.82, 2.24) is 19.7 Å². The molecule has 1 atom stereocenters. The van der Waals surface area contributed by atoms with Gasteiger partial charge in [-0.05, 0) is 35.9 Å². The van der Waals surface area contributed by atoms with Gasteiger partial charge in [-0.15, -0.1) is 0 Å². The summed E-state index contributed by atoms with van der Waals surface area (Å²) in [4.78, 5) is 11.0. The highest BCUT2D eigenvalue weighted by Crippen LogP contribution is 2.33. The van der Waals surface area contributed by atoms with Crippen molar-refractivity contribution < 1.29 is 14.2 Å². The minimum absolute atomic E-state index is 0.326. The van der Waals surface area contributed by atoms with E-state index in [0.29, 0.717) is 35.6 Å². The van der Waals surface area contributed by atoms with Crippen LogP contribution in [-0.4, -0.2) is 51.2 Å². The molecular weight excluding hydrogens is 397 g/mol. The molecule has 2 aromatic heterocycles. The van der Waals surface area contributed by atoms with Gasteiger partial charge >= 0.3 is 0 Å². The molecule has 5 rings (SSSR count). The van der Waals surface area contributed by atoms with Crippen LogP contribution in [0.5, 0.6) is 0 Å². The molecule has 0 aliphatic carbocycles. The summed E-state index contributed by atoms with van der Waals surface area (Å²) in [5.41, 5.74) is 3.83. The Morgan fingerprint density at radius 1 is 1.06 bits per heavy atom. The molecule has 1 saturated heterocycles. The summed E-state index contributed by atoms with van der Waals surface area (Å²) in [6.07, 6.45) is 3.88. The maximum Gasteiger partial charge on any atom is 0.132 e. The smallest absolute Gasteiger partial charge is 0.132 e. The number of nitrogens with zero attached hydrogens (tertiary/aromatic N) is 5. The number of hydrogen-bond donors (Lipinski definition) is 1. The second-order valence-corrected chi connectivity index (χ2v) is 7.61. The van der Waals surface area contributed by atoms with E-state index in [9.17, 15) is 9.50 Å². The van der Waals surface area contributed by atoms with E-state index in [1.165, 1.54) is 12.4 Å². The third kappa shape index (κ3) is 3.75. The van der Waals surface area contributed by atoms with E-state index < -0.39 is 11.9 Å². The fraction of sp³-hybridized carbons (Fsp3) is 0.261. The van der Waals surface area contributed by atoms with Crippen molar-refractivity contribution in [3.05, 3.63) is 72.1 Å². The third-order valence-corrected chi connectivity index (χ3v) is 5.60. The van der Waals surface area contributed by atoms with Crippen LogP contribution in [0.15, 0.2) is 55.1 Å². The summed E-state index contributed by atoms with van der Waals surface area (Å²) in [5.74, 6) is -0.403. The number of anilines is 1.